The van der Waals surface area contributed by atoms with Gasteiger partial charge in [0.1, 0.15) is 6.04 Å². The van der Waals surface area contributed by atoms with Crippen molar-refractivity contribution in [3.63, 3.8) is 0 Å². The van der Waals surface area contributed by atoms with Gasteiger partial charge in [0.2, 0.25) is 0 Å². The molecule has 0 aromatic heterocycles. The van der Waals surface area contributed by atoms with Crippen molar-refractivity contribution in [1.82, 2.24) is 10.2 Å². The first kappa shape index (κ1) is 14.5. The summed E-state index contributed by atoms with van der Waals surface area (Å²) in [6.07, 6.45) is 3.10. The highest BCUT2D eigenvalue weighted by Crippen LogP contribution is 2.17. The molecule has 0 amide bonds. The van der Waals surface area contributed by atoms with Gasteiger partial charge in [0.15, 0.2) is 0 Å². The molecule has 4 heteroatoms. The zero-order valence-corrected chi connectivity index (χ0v) is 11.3. The number of hydrogen-bond acceptors (Lipinski definition) is 3. The summed E-state index contributed by atoms with van der Waals surface area (Å²) in [5.74, 6) is -0.0930. The van der Waals surface area contributed by atoms with Crippen LogP contribution in [0.1, 0.15) is 40.0 Å². The number of piperidine rings is 1. The highest BCUT2D eigenvalue weighted by molar-refractivity contribution is 5.73. The summed E-state index contributed by atoms with van der Waals surface area (Å²) in [4.78, 5) is 13.4. The van der Waals surface area contributed by atoms with Gasteiger partial charge >= 0.3 is 5.97 Å². The predicted octanol–water partition coefficient (Wildman–Crippen LogP) is 1.56. The van der Waals surface area contributed by atoms with Crippen LogP contribution >= 0.6 is 0 Å². The number of carboxylic acid groups (broad SMARTS) is 1. The summed E-state index contributed by atoms with van der Waals surface area (Å²) in [7, 11) is 0. The number of nitrogens with one attached hydrogen (secondary N) is 1. The fraction of sp³-hybridized carbons (Fsp3) is 0.923. The number of aliphatic carboxylic acids is 1. The molecule has 0 aromatic rings. The average molecular weight is 242 g/mol. The van der Waals surface area contributed by atoms with Crippen molar-refractivity contribution in [2.24, 2.45) is 5.92 Å². The molecule has 0 aromatic carbocycles. The highest BCUT2D eigenvalue weighted by atomic mass is 16.4. The Morgan fingerprint density at radius 3 is 2.65 bits per heavy atom. The second-order valence-electron chi connectivity index (χ2n) is 5.27. The van der Waals surface area contributed by atoms with Crippen LogP contribution in [0.15, 0.2) is 0 Å². The maximum Gasteiger partial charge on any atom is 0.320 e. The van der Waals surface area contributed by atoms with E-state index in [2.05, 4.69) is 24.1 Å². The second-order valence-corrected chi connectivity index (χ2v) is 5.27. The maximum atomic E-state index is 11.3. The molecule has 2 N–H and O–H groups in total. The molecule has 0 radical (unpaired) electrons. The van der Waals surface area contributed by atoms with Gasteiger partial charge in [-0.1, -0.05) is 6.92 Å². The lowest BCUT2D eigenvalue weighted by Gasteiger charge is -2.36. The van der Waals surface area contributed by atoms with E-state index in [0.717, 1.165) is 19.6 Å². The largest absolute Gasteiger partial charge is 0.480 e. The first-order valence-corrected chi connectivity index (χ1v) is 6.75. The molecule has 1 aliphatic heterocycles. The summed E-state index contributed by atoms with van der Waals surface area (Å²) in [5, 5.41) is 12.7. The molecule has 17 heavy (non-hydrogen) atoms. The Balaban J connectivity index is 2.60. The van der Waals surface area contributed by atoms with Crippen LogP contribution in [0.3, 0.4) is 0 Å². The number of nitrogens with zero attached hydrogens (tertiary/aromatic N) is 1. The molecule has 4 nitrogen and oxygen atoms in total. The SMILES string of the molecule is CCC(C(=O)O)N(CC1CCCNC1)C(C)C. The molecule has 1 fully saturated rings. The number of rotatable bonds is 6. The Labute approximate surface area is 104 Å². The molecular formula is C13H26N2O2. The van der Waals surface area contributed by atoms with E-state index in [4.69, 9.17) is 0 Å². The summed E-state index contributed by atoms with van der Waals surface area (Å²) < 4.78 is 0. The van der Waals surface area contributed by atoms with E-state index in [9.17, 15) is 9.90 Å². The Morgan fingerprint density at radius 1 is 1.53 bits per heavy atom. The Kier molecular flexibility index (Phi) is 5.92. The van der Waals surface area contributed by atoms with Crippen LogP contribution in [0.5, 0.6) is 0 Å². The number of carboxylic acids is 1. The van der Waals surface area contributed by atoms with Crippen LogP contribution in [-0.4, -0.2) is 47.7 Å². The molecule has 1 rings (SSSR count). The van der Waals surface area contributed by atoms with Gasteiger partial charge < -0.3 is 10.4 Å². The minimum Gasteiger partial charge on any atom is -0.480 e. The van der Waals surface area contributed by atoms with E-state index in [0.29, 0.717) is 12.3 Å². The molecule has 0 aliphatic carbocycles. The van der Waals surface area contributed by atoms with E-state index < -0.39 is 5.97 Å². The van der Waals surface area contributed by atoms with Gasteiger partial charge in [-0.05, 0) is 52.1 Å². The maximum absolute atomic E-state index is 11.3. The standard InChI is InChI=1S/C13H26N2O2/c1-4-12(13(16)17)15(10(2)3)9-11-6-5-7-14-8-11/h10-12,14H,4-9H2,1-3H3,(H,16,17). The van der Waals surface area contributed by atoms with Gasteiger partial charge in [0.05, 0.1) is 0 Å². The van der Waals surface area contributed by atoms with Crippen molar-refractivity contribution in [3.8, 4) is 0 Å². The van der Waals surface area contributed by atoms with Gasteiger partial charge in [0.25, 0.3) is 0 Å². The monoisotopic (exact) mass is 242 g/mol. The van der Waals surface area contributed by atoms with Crippen molar-refractivity contribution in [3.05, 3.63) is 0 Å². The Bertz CT molecular complexity index is 238. The lowest BCUT2D eigenvalue weighted by atomic mass is 9.97. The normalized spacial score (nSPS) is 23.0. The van der Waals surface area contributed by atoms with Gasteiger partial charge in [-0.25, -0.2) is 0 Å². The fourth-order valence-electron chi connectivity index (χ4n) is 2.63. The summed E-state index contributed by atoms with van der Waals surface area (Å²) >= 11 is 0. The lowest BCUT2D eigenvalue weighted by molar-refractivity contribution is -0.144. The van der Waals surface area contributed by atoms with E-state index in [1.165, 1.54) is 12.8 Å². The molecule has 0 saturated carbocycles. The number of hydrogen-bond donors (Lipinski definition) is 2. The van der Waals surface area contributed by atoms with Gasteiger partial charge in [0, 0.05) is 12.6 Å². The Morgan fingerprint density at radius 2 is 2.24 bits per heavy atom. The third kappa shape index (κ3) is 4.28. The van der Waals surface area contributed by atoms with Crippen molar-refractivity contribution in [1.29, 1.82) is 0 Å². The molecule has 2 atom stereocenters. The van der Waals surface area contributed by atoms with Gasteiger partial charge in [-0.3, -0.25) is 9.69 Å². The van der Waals surface area contributed by atoms with Crippen molar-refractivity contribution < 1.29 is 9.90 Å². The minimum absolute atomic E-state index is 0.290. The van der Waals surface area contributed by atoms with E-state index in [1.54, 1.807) is 0 Å². The third-order valence-electron chi connectivity index (χ3n) is 3.60. The molecule has 0 bridgehead atoms. The molecular weight excluding hydrogens is 216 g/mol. The van der Waals surface area contributed by atoms with Crippen LogP contribution < -0.4 is 5.32 Å². The van der Waals surface area contributed by atoms with E-state index >= 15 is 0 Å². The van der Waals surface area contributed by atoms with Crippen molar-refractivity contribution in [2.45, 2.75) is 52.1 Å². The van der Waals surface area contributed by atoms with Gasteiger partial charge in [-0.2, -0.15) is 0 Å². The van der Waals surface area contributed by atoms with Crippen LogP contribution in [-0.2, 0) is 4.79 Å². The molecule has 1 saturated heterocycles. The van der Waals surface area contributed by atoms with Gasteiger partial charge in [-0.15, -0.1) is 0 Å². The molecule has 1 heterocycles. The summed E-state index contributed by atoms with van der Waals surface area (Å²) in [6, 6.07) is -0.0464. The van der Waals surface area contributed by atoms with Crippen molar-refractivity contribution in [2.75, 3.05) is 19.6 Å². The minimum atomic E-state index is -0.690. The third-order valence-corrected chi connectivity index (χ3v) is 3.60. The van der Waals surface area contributed by atoms with Crippen molar-refractivity contribution >= 4 is 5.97 Å². The molecule has 2 unspecified atom stereocenters. The van der Waals surface area contributed by atoms with E-state index in [1.807, 2.05) is 6.92 Å². The molecule has 100 valence electrons. The highest BCUT2D eigenvalue weighted by Gasteiger charge is 2.28. The topological polar surface area (TPSA) is 52.6 Å². The second kappa shape index (κ2) is 6.97. The average Bonchev–Trinajstić information content (AvgIpc) is 2.29. The van der Waals surface area contributed by atoms with Crippen LogP contribution in [0.2, 0.25) is 0 Å². The fourth-order valence-corrected chi connectivity index (χ4v) is 2.63. The Hall–Kier alpha value is -0.610. The number of carbonyl (C=O) groups is 1. The predicted molar refractivity (Wildman–Crippen MR) is 69.2 cm³/mol. The zero-order chi connectivity index (χ0) is 12.8. The smallest absolute Gasteiger partial charge is 0.320 e. The summed E-state index contributed by atoms with van der Waals surface area (Å²) in [5.41, 5.74) is 0. The zero-order valence-electron chi connectivity index (χ0n) is 11.3. The molecule has 0 spiro atoms. The van der Waals surface area contributed by atoms with Crippen LogP contribution in [0, 0.1) is 5.92 Å². The van der Waals surface area contributed by atoms with E-state index in [-0.39, 0.29) is 12.1 Å². The molecule has 1 aliphatic rings. The van der Waals surface area contributed by atoms with Crippen LogP contribution in [0.4, 0.5) is 0 Å². The first-order valence-electron chi connectivity index (χ1n) is 6.75. The quantitative estimate of drug-likeness (QED) is 0.742. The summed E-state index contributed by atoms with van der Waals surface area (Å²) in [6.45, 7) is 9.15. The van der Waals surface area contributed by atoms with Crippen LogP contribution in [0.25, 0.3) is 0 Å². The lowest BCUT2D eigenvalue weighted by Crippen LogP contribution is -2.49. The first-order chi connectivity index (χ1) is 8.06.